The van der Waals surface area contributed by atoms with Crippen molar-refractivity contribution in [2.75, 3.05) is 33.3 Å². The molecule has 1 aliphatic heterocycles. The van der Waals surface area contributed by atoms with Crippen molar-refractivity contribution in [2.45, 2.75) is 18.9 Å². The number of piperazine rings is 1. The van der Waals surface area contributed by atoms with Crippen LogP contribution < -0.4 is 10.1 Å². The van der Waals surface area contributed by atoms with Gasteiger partial charge < -0.3 is 10.1 Å². The molecule has 20 heavy (non-hydrogen) atoms. The third-order valence-electron chi connectivity index (χ3n) is 3.80. The third-order valence-corrected chi connectivity index (χ3v) is 4.11. The van der Waals surface area contributed by atoms with E-state index in [1.165, 1.54) is 5.56 Å². The van der Waals surface area contributed by atoms with Gasteiger partial charge in [0.15, 0.2) is 0 Å². The molecule has 4 heteroatoms. The number of benzene rings is 1. The van der Waals surface area contributed by atoms with Crippen LogP contribution >= 0.6 is 11.6 Å². The zero-order chi connectivity index (χ0) is 14.4. The number of nitrogens with zero attached hydrogens (tertiary/aromatic N) is 1. The molecule has 0 amide bonds. The predicted octanol–water partition coefficient (Wildman–Crippen LogP) is 3.26. The highest BCUT2D eigenvalue weighted by molar-refractivity contribution is 6.32. The summed E-state index contributed by atoms with van der Waals surface area (Å²) in [7, 11) is 1.66. The molecule has 1 aliphatic rings. The monoisotopic (exact) mass is 294 g/mol. The topological polar surface area (TPSA) is 24.5 Å². The molecule has 0 radical (unpaired) electrons. The highest BCUT2D eigenvalue weighted by Crippen LogP contribution is 2.32. The maximum Gasteiger partial charge on any atom is 0.137 e. The Morgan fingerprint density at radius 3 is 2.85 bits per heavy atom. The summed E-state index contributed by atoms with van der Waals surface area (Å²) in [5.41, 5.74) is 1.27. The van der Waals surface area contributed by atoms with E-state index in [-0.39, 0.29) is 0 Å². The molecule has 3 nitrogen and oxygen atoms in total. The number of hydrogen-bond donors (Lipinski definition) is 1. The molecule has 0 aromatic heterocycles. The van der Waals surface area contributed by atoms with Crippen molar-refractivity contribution in [3.8, 4) is 5.75 Å². The summed E-state index contributed by atoms with van der Waals surface area (Å²) in [5.74, 6) is 0.753. The van der Waals surface area contributed by atoms with Gasteiger partial charge in [0.2, 0.25) is 0 Å². The first-order valence-corrected chi connectivity index (χ1v) is 7.53. The molecular weight excluding hydrogens is 272 g/mol. The maximum absolute atomic E-state index is 6.13. The van der Waals surface area contributed by atoms with Crippen LogP contribution in [0.15, 0.2) is 30.9 Å². The van der Waals surface area contributed by atoms with Gasteiger partial charge >= 0.3 is 0 Å². The van der Waals surface area contributed by atoms with Crippen molar-refractivity contribution < 1.29 is 4.74 Å². The average molecular weight is 295 g/mol. The zero-order valence-electron chi connectivity index (χ0n) is 12.1. The Balaban J connectivity index is 2.22. The molecule has 0 unspecified atom stereocenters. The first-order valence-electron chi connectivity index (χ1n) is 7.15. The largest absolute Gasteiger partial charge is 0.495 e. The second-order valence-electron chi connectivity index (χ2n) is 5.06. The van der Waals surface area contributed by atoms with Gasteiger partial charge in [-0.3, -0.25) is 4.90 Å². The number of halogens is 1. The minimum Gasteiger partial charge on any atom is -0.495 e. The first-order chi connectivity index (χ1) is 9.76. The summed E-state index contributed by atoms with van der Waals surface area (Å²) < 4.78 is 5.34. The minimum atomic E-state index is 0.404. The fourth-order valence-electron chi connectivity index (χ4n) is 2.71. The van der Waals surface area contributed by atoms with Crippen LogP contribution in [0.4, 0.5) is 0 Å². The van der Waals surface area contributed by atoms with Crippen molar-refractivity contribution in [1.29, 1.82) is 0 Å². The second kappa shape index (κ2) is 7.67. The molecule has 0 saturated carbocycles. The molecule has 110 valence electrons. The zero-order valence-corrected chi connectivity index (χ0v) is 12.8. The lowest BCUT2D eigenvalue weighted by molar-refractivity contribution is 0.166. The van der Waals surface area contributed by atoms with Crippen LogP contribution in [-0.4, -0.2) is 38.2 Å². The molecule has 1 fully saturated rings. The van der Waals surface area contributed by atoms with E-state index in [1.54, 1.807) is 7.11 Å². The molecule has 0 aliphatic carbocycles. The van der Waals surface area contributed by atoms with Crippen LogP contribution in [0.1, 0.15) is 24.4 Å². The highest BCUT2D eigenvalue weighted by atomic mass is 35.5. The van der Waals surface area contributed by atoms with E-state index in [9.17, 15) is 0 Å². The molecule has 1 heterocycles. The fourth-order valence-corrected chi connectivity index (χ4v) is 2.91. The third kappa shape index (κ3) is 3.75. The maximum atomic E-state index is 6.13. The molecule has 1 N–H and O–H groups in total. The van der Waals surface area contributed by atoms with Gasteiger partial charge in [0.1, 0.15) is 5.75 Å². The lowest BCUT2D eigenvalue weighted by Gasteiger charge is -2.35. The van der Waals surface area contributed by atoms with Gasteiger partial charge in [0, 0.05) is 32.2 Å². The highest BCUT2D eigenvalue weighted by Gasteiger charge is 2.22. The standard InChI is InChI=1S/C16H23ClN2O/c1-3-4-5-15(19-10-8-18-9-11-19)13-6-7-14(17)16(12-13)20-2/h3,6-7,12,15,18H,1,4-5,8-11H2,2H3/t15-/m1/s1. The van der Waals surface area contributed by atoms with Crippen LogP contribution in [0.3, 0.4) is 0 Å². The van der Waals surface area contributed by atoms with Crippen molar-refractivity contribution in [3.05, 3.63) is 41.4 Å². The van der Waals surface area contributed by atoms with Gasteiger partial charge in [-0.1, -0.05) is 23.7 Å². The van der Waals surface area contributed by atoms with E-state index >= 15 is 0 Å². The molecule has 0 spiro atoms. The van der Waals surface area contributed by atoms with Crippen molar-refractivity contribution in [1.82, 2.24) is 10.2 Å². The van der Waals surface area contributed by atoms with Crippen LogP contribution in [0.25, 0.3) is 0 Å². The van der Waals surface area contributed by atoms with E-state index in [0.29, 0.717) is 11.1 Å². The normalized spacial score (nSPS) is 17.7. The first kappa shape index (κ1) is 15.4. The van der Waals surface area contributed by atoms with Gasteiger partial charge in [-0.05, 0) is 30.5 Å². The van der Waals surface area contributed by atoms with Gasteiger partial charge in [0.05, 0.1) is 12.1 Å². The molecule has 1 aromatic rings. The number of methoxy groups -OCH3 is 1. The predicted molar refractivity (Wildman–Crippen MR) is 84.6 cm³/mol. The van der Waals surface area contributed by atoms with Crippen molar-refractivity contribution in [2.24, 2.45) is 0 Å². The fraction of sp³-hybridized carbons (Fsp3) is 0.500. The smallest absolute Gasteiger partial charge is 0.137 e. The van der Waals surface area contributed by atoms with Gasteiger partial charge in [-0.15, -0.1) is 6.58 Å². The Kier molecular flexibility index (Phi) is 5.89. The number of nitrogens with one attached hydrogen (secondary N) is 1. The Labute approximate surface area is 126 Å². The van der Waals surface area contributed by atoms with Crippen LogP contribution in [0, 0.1) is 0 Å². The van der Waals surface area contributed by atoms with Gasteiger partial charge in [-0.2, -0.15) is 0 Å². The summed E-state index contributed by atoms with van der Waals surface area (Å²) >= 11 is 6.13. The number of allylic oxidation sites excluding steroid dienone is 1. The summed E-state index contributed by atoms with van der Waals surface area (Å²) in [5, 5.41) is 4.07. The lowest BCUT2D eigenvalue weighted by atomic mass is 9.99. The quantitative estimate of drug-likeness (QED) is 0.815. The van der Waals surface area contributed by atoms with Crippen LogP contribution in [-0.2, 0) is 0 Å². The Hall–Kier alpha value is -1.03. The van der Waals surface area contributed by atoms with Crippen LogP contribution in [0.2, 0.25) is 5.02 Å². The number of ether oxygens (including phenoxy) is 1. The van der Waals surface area contributed by atoms with E-state index in [4.69, 9.17) is 16.3 Å². The second-order valence-corrected chi connectivity index (χ2v) is 5.47. The molecule has 1 saturated heterocycles. The number of hydrogen-bond acceptors (Lipinski definition) is 3. The molecule has 1 atom stereocenters. The van der Waals surface area contributed by atoms with Gasteiger partial charge in [-0.25, -0.2) is 0 Å². The molecule has 0 bridgehead atoms. The number of rotatable bonds is 6. The summed E-state index contributed by atoms with van der Waals surface area (Å²) in [4.78, 5) is 2.53. The Morgan fingerprint density at radius 2 is 2.20 bits per heavy atom. The summed E-state index contributed by atoms with van der Waals surface area (Å²) in [6, 6.07) is 6.51. The van der Waals surface area contributed by atoms with E-state index in [1.807, 2.05) is 12.1 Å². The molecule has 2 rings (SSSR count). The Morgan fingerprint density at radius 1 is 1.45 bits per heavy atom. The Bertz CT molecular complexity index is 444. The minimum absolute atomic E-state index is 0.404. The van der Waals surface area contributed by atoms with Crippen LogP contribution in [0.5, 0.6) is 5.75 Å². The van der Waals surface area contributed by atoms with E-state index in [2.05, 4.69) is 28.9 Å². The summed E-state index contributed by atoms with van der Waals surface area (Å²) in [6.07, 6.45) is 4.08. The van der Waals surface area contributed by atoms with E-state index < -0.39 is 0 Å². The molecular formula is C16H23ClN2O. The van der Waals surface area contributed by atoms with Gasteiger partial charge in [0.25, 0.3) is 0 Å². The van der Waals surface area contributed by atoms with E-state index in [0.717, 1.165) is 44.8 Å². The average Bonchev–Trinajstić information content (AvgIpc) is 2.50. The lowest BCUT2D eigenvalue weighted by Crippen LogP contribution is -2.45. The summed E-state index contributed by atoms with van der Waals surface area (Å²) in [6.45, 7) is 8.10. The van der Waals surface area contributed by atoms with Crippen molar-refractivity contribution in [3.63, 3.8) is 0 Å². The van der Waals surface area contributed by atoms with Crippen molar-refractivity contribution >= 4 is 11.6 Å². The SMILES string of the molecule is C=CCC[C@H](c1ccc(Cl)c(OC)c1)N1CCNCC1. The molecule has 1 aromatic carbocycles.